The minimum absolute atomic E-state index is 0.0832. The first-order valence-corrected chi connectivity index (χ1v) is 10.9. The molecule has 0 aliphatic carbocycles. The molecule has 2 aliphatic rings. The van der Waals surface area contributed by atoms with Gasteiger partial charge in [0.2, 0.25) is 0 Å². The molecule has 31 heavy (non-hydrogen) atoms. The van der Waals surface area contributed by atoms with Gasteiger partial charge in [0.05, 0.1) is 13.2 Å². The lowest BCUT2D eigenvalue weighted by Gasteiger charge is -2.42. The first kappa shape index (κ1) is 21.5. The predicted molar refractivity (Wildman–Crippen MR) is 117 cm³/mol. The topological polar surface area (TPSA) is 66.0 Å². The van der Waals surface area contributed by atoms with E-state index in [-0.39, 0.29) is 18.5 Å². The first-order chi connectivity index (χ1) is 15.1. The van der Waals surface area contributed by atoms with E-state index in [9.17, 15) is 9.59 Å². The molecule has 1 aromatic heterocycles. The number of rotatable bonds is 8. The second-order valence-corrected chi connectivity index (χ2v) is 8.29. The van der Waals surface area contributed by atoms with Crippen LogP contribution in [-0.2, 0) is 22.5 Å². The molecule has 0 saturated carbocycles. The third-order valence-electron chi connectivity index (χ3n) is 6.45. The minimum Gasteiger partial charge on any atom is -0.383 e. The average molecular weight is 423 g/mol. The van der Waals surface area contributed by atoms with Gasteiger partial charge in [-0.3, -0.25) is 14.7 Å². The van der Waals surface area contributed by atoms with Crippen molar-refractivity contribution in [2.75, 3.05) is 39.9 Å². The number of likely N-dealkylation sites (tertiary alicyclic amines) is 1. The minimum atomic E-state index is -0.763. The highest BCUT2D eigenvalue weighted by Crippen LogP contribution is 2.37. The molecule has 0 bridgehead atoms. The van der Waals surface area contributed by atoms with Gasteiger partial charge in [-0.05, 0) is 36.5 Å². The summed E-state index contributed by atoms with van der Waals surface area (Å²) >= 11 is 0. The lowest BCUT2D eigenvalue weighted by atomic mass is 9.85. The maximum absolute atomic E-state index is 13.5. The summed E-state index contributed by atoms with van der Waals surface area (Å²) in [5, 5.41) is 0. The maximum Gasteiger partial charge on any atom is 0.328 e. The van der Waals surface area contributed by atoms with Crippen molar-refractivity contribution in [1.29, 1.82) is 0 Å². The Kier molecular flexibility index (Phi) is 6.63. The average Bonchev–Trinajstić information content (AvgIpc) is 3.00. The van der Waals surface area contributed by atoms with Gasteiger partial charge in [0.25, 0.3) is 5.91 Å². The van der Waals surface area contributed by atoms with Crippen LogP contribution in [-0.4, -0.2) is 77.1 Å². The number of aromatic nitrogens is 1. The third-order valence-corrected chi connectivity index (χ3v) is 6.45. The van der Waals surface area contributed by atoms with Crippen molar-refractivity contribution in [3.63, 3.8) is 0 Å². The van der Waals surface area contributed by atoms with Gasteiger partial charge in [-0.25, -0.2) is 4.79 Å². The number of methoxy groups -OCH3 is 1. The van der Waals surface area contributed by atoms with Crippen LogP contribution >= 0.6 is 0 Å². The number of carbonyl (C=O) groups excluding carboxylic acids is 2. The van der Waals surface area contributed by atoms with Crippen LogP contribution in [0.5, 0.6) is 0 Å². The predicted octanol–water partition coefficient (Wildman–Crippen LogP) is 2.57. The summed E-state index contributed by atoms with van der Waals surface area (Å²) in [7, 11) is 1.62. The highest BCUT2D eigenvalue weighted by atomic mass is 16.5. The van der Waals surface area contributed by atoms with Crippen LogP contribution in [0.25, 0.3) is 0 Å². The molecule has 0 unspecified atom stereocenters. The van der Waals surface area contributed by atoms with Gasteiger partial charge in [-0.15, -0.1) is 0 Å². The van der Waals surface area contributed by atoms with E-state index in [0.29, 0.717) is 26.0 Å². The number of hydrogen-bond donors (Lipinski definition) is 0. The molecule has 1 spiro atoms. The number of benzene rings is 1. The number of ether oxygens (including phenoxy) is 1. The number of hydrogen-bond acceptors (Lipinski definition) is 5. The van der Waals surface area contributed by atoms with Gasteiger partial charge in [0.1, 0.15) is 5.54 Å². The monoisotopic (exact) mass is 422 g/mol. The molecule has 0 N–H and O–H groups in total. The summed E-state index contributed by atoms with van der Waals surface area (Å²) in [6.45, 7) is 3.66. The van der Waals surface area contributed by atoms with E-state index >= 15 is 0 Å². The Morgan fingerprint density at radius 2 is 1.74 bits per heavy atom. The van der Waals surface area contributed by atoms with E-state index < -0.39 is 5.54 Å². The van der Waals surface area contributed by atoms with Crippen molar-refractivity contribution in [2.45, 2.75) is 31.3 Å². The molecule has 1 aromatic carbocycles. The quantitative estimate of drug-likeness (QED) is 0.612. The van der Waals surface area contributed by atoms with E-state index in [4.69, 9.17) is 4.74 Å². The molecule has 3 amide bonds. The smallest absolute Gasteiger partial charge is 0.328 e. The van der Waals surface area contributed by atoms with E-state index in [2.05, 4.69) is 34.1 Å². The molecule has 2 aromatic rings. The summed E-state index contributed by atoms with van der Waals surface area (Å²) in [5.41, 5.74) is 1.41. The Morgan fingerprint density at radius 1 is 1.00 bits per heavy atom. The molecule has 7 heteroatoms. The van der Waals surface area contributed by atoms with Crippen LogP contribution < -0.4 is 0 Å². The molecular weight excluding hydrogens is 392 g/mol. The number of piperidine rings is 1. The lowest BCUT2D eigenvalue weighted by molar-refractivity contribution is -0.136. The summed E-state index contributed by atoms with van der Waals surface area (Å²) < 4.78 is 5.24. The zero-order valence-corrected chi connectivity index (χ0v) is 18.1. The molecule has 0 radical (unpaired) electrons. The van der Waals surface area contributed by atoms with Crippen molar-refractivity contribution in [3.8, 4) is 0 Å². The normalized spacial score (nSPS) is 18.9. The van der Waals surface area contributed by atoms with E-state index in [0.717, 1.165) is 31.6 Å². The van der Waals surface area contributed by atoms with Gasteiger partial charge in [-0.1, -0.05) is 36.4 Å². The number of imide groups is 1. The van der Waals surface area contributed by atoms with Gasteiger partial charge in [-0.2, -0.15) is 0 Å². The molecule has 0 atom stereocenters. The fourth-order valence-electron chi connectivity index (χ4n) is 4.65. The molecule has 2 aliphatic heterocycles. The van der Waals surface area contributed by atoms with Crippen LogP contribution in [0.2, 0.25) is 0 Å². The number of carbonyl (C=O) groups is 2. The number of nitrogens with zero attached hydrogens (tertiary/aromatic N) is 4. The molecular formula is C24H30N4O3. The first-order valence-electron chi connectivity index (χ1n) is 10.9. The molecule has 7 nitrogen and oxygen atoms in total. The van der Waals surface area contributed by atoms with Crippen molar-refractivity contribution < 1.29 is 14.3 Å². The van der Waals surface area contributed by atoms with Crippen molar-refractivity contribution in [2.24, 2.45) is 0 Å². The molecule has 4 rings (SSSR count). The maximum atomic E-state index is 13.5. The zero-order chi connectivity index (χ0) is 21.7. The standard InChI is InChI=1S/C24H30N4O3/c1-31-17-16-28-23(30)27(19-21-8-5-12-25-18-21)22(29)24(28)10-14-26(15-11-24)13-9-20-6-3-2-4-7-20/h2-8,12,18H,9-11,13-17,19H2,1H3. The van der Waals surface area contributed by atoms with Crippen LogP contribution in [0.4, 0.5) is 4.79 Å². The number of urea groups is 1. The molecule has 2 fully saturated rings. The zero-order valence-electron chi connectivity index (χ0n) is 18.1. The van der Waals surface area contributed by atoms with Crippen LogP contribution in [0, 0.1) is 0 Å². The van der Waals surface area contributed by atoms with Crippen LogP contribution in [0.15, 0.2) is 54.9 Å². The molecule has 164 valence electrons. The number of amides is 3. The van der Waals surface area contributed by atoms with Crippen molar-refractivity contribution in [3.05, 3.63) is 66.0 Å². The Morgan fingerprint density at radius 3 is 2.42 bits per heavy atom. The SMILES string of the molecule is COCCN1C(=O)N(Cc2cccnc2)C(=O)C12CCN(CCc1ccccc1)CC2. The summed E-state index contributed by atoms with van der Waals surface area (Å²) in [6.07, 6.45) is 5.69. The highest BCUT2D eigenvalue weighted by Gasteiger charge is 2.57. The fourth-order valence-corrected chi connectivity index (χ4v) is 4.65. The summed E-state index contributed by atoms with van der Waals surface area (Å²) in [6, 6.07) is 13.9. The Balaban J connectivity index is 1.45. The summed E-state index contributed by atoms with van der Waals surface area (Å²) in [4.78, 5) is 36.4. The van der Waals surface area contributed by atoms with Gasteiger partial charge in [0.15, 0.2) is 0 Å². The van der Waals surface area contributed by atoms with Gasteiger partial charge >= 0.3 is 6.03 Å². The largest absolute Gasteiger partial charge is 0.383 e. The van der Waals surface area contributed by atoms with Crippen molar-refractivity contribution >= 4 is 11.9 Å². The highest BCUT2D eigenvalue weighted by molar-refractivity contribution is 6.07. The molecule has 2 saturated heterocycles. The second-order valence-electron chi connectivity index (χ2n) is 8.29. The Bertz CT molecular complexity index is 882. The third kappa shape index (κ3) is 4.48. The molecule has 3 heterocycles. The lowest BCUT2D eigenvalue weighted by Crippen LogP contribution is -2.57. The van der Waals surface area contributed by atoms with Gasteiger partial charge < -0.3 is 14.5 Å². The Labute approximate surface area is 183 Å². The second kappa shape index (κ2) is 9.58. The van der Waals surface area contributed by atoms with Crippen molar-refractivity contribution in [1.82, 2.24) is 19.7 Å². The van der Waals surface area contributed by atoms with E-state index in [1.54, 1.807) is 24.4 Å². The van der Waals surface area contributed by atoms with E-state index in [1.807, 2.05) is 18.2 Å². The fraction of sp³-hybridized carbons (Fsp3) is 0.458. The van der Waals surface area contributed by atoms with E-state index in [1.165, 1.54) is 10.5 Å². The van der Waals surface area contributed by atoms with Gasteiger partial charge in [0, 0.05) is 45.7 Å². The van der Waals surface area contributed by atoms with Crippen LogP contribution in [0.3, 0.4) is 0 Å². The van der Waals surface area contributed by atoms with Crippen LogP contribution in [0.1, 0.15) is 24.0 Å². The Hall–Kier alpha value is -2.77. The summed E-state index contributed by atoms with van der Waals surface area (Å²) in [5.74, 6) is -0.0832. The number of pyridine rings is 1.